The van der Waals surface area contributed by atoms with Crippen molar-refractivity contribution in [2.75, 3.05) is 32.7 Å². The molecule has 4 nitrogen and oxygen atoms in total. The second-order valence-electron chi connectivity index (χ2n) is 10.0. The Labute approximate surface area is 184 Å². The predicted molar refractivity (Wildman–Crippen MR) is 123 cm³/mol. The van der Waals surface area contributed by atoms with Gasteiger partial charge in [-0.2, -0.15) is 0 Å². The number of likely N-dealkylation sites (tertiary alicyclic amines) is 1. The van der Waals surface area contributed by atoms with Gasteiger partial charge in [0, 0.05) is 13.1 Å². The van der Waals surface area contributed by atoms with Gasteiger partial charge in [0.25, 0.3) is 0 Å². The molecule has 0 atom stereocenters. The van der Waals surface area contributed by atoms with E-state index in [1.165, 1.54) is 96.7 Å². The minimum Gasteiger partial charge on any atom is -0.357 e. The molecule has 4 bridgehead atoms. The quantitative estimate of drug-likeness (QED) is 0.292. The van der Waals surface area contributed by atoms with Gasteiger partial charge in [0.2, 0.25) is 0 Å². The summed E-state index contributed by atoms with van der Waals surface area (Å²) in [6.45, 7) is 5.90. The molecular weight excluding hydrogens is 391 g/mol. The van der Waals surface area contributed by atoms with E-state index in [-0.39, 0.29) is 24.8 Å². The minimum atomic E-state index is 0. The molecule has 164 valence electrons. The smallest absolute Gasteiger partial charge is 0.188 e. The van der Waals surface area contributed by atoms with Gasteiger partial charge in [0.15, 0.2) is 5.96 Å². The zero-order chi connectivity index (χ0) is 17.8. The van der Waals surface area contributed by atoms with E-state index in [1.54, 1.807) is 0 Å². The van der Waals surface area contributed by atoms with E-state index in [0.29, 0.717) is 11.4 Å². The van der Waals surface area contributed by atoms with Crippen molar-refractivity contribution in [3.05, 3.63) is 0 Å². The second-order valence-corrected chi connectivity index (χ2v) is 10.0. The molecule has 1 aliphatic heterocycles. The largest absolute Gasteiger partial charge is 0.357 e. The Morgan fingerprint density at radius 2 is 1.43 bits per heavy atom. The van der Waals surface area contributed by atoms with Gasteiger partial charge in [-0.1, -0.05) is 12.8 Å². The molecule has 4 aliphatic carbocycles. The van der Waals surface area contributed by atoms with Crippen LogP contribution in [0.2, 0.25) is 0 Å². The van der Waals surface area contributed by atoms with Gasteiger partial charge in [-0.05, 0) is 107 Å². The molecule has 0 unspecified atom stereocenters. The van der Waals surface area contributed by atoms with E-state index in [1.807, 2.05) is 0 Å². The summed E-state index contributed by atoms with van der Waals surface area (Å²) in [6, 6.07) is 0. The lowest BCUT2D eigenvalue weighted by Crippen LogP contribution is -2.52. The molecule has 28 heavy (non-hydrogen) atoms. The van der Waals surface area contributed by atoms with Gasteiger partial charge < -0.3 is 15.5 Å². The van der Waals surface area contributed by atoms with Crippen LogP contribution in [-0.2, 0) is 0 Å². The molecule has 0 spiro atoms. The highest BCUT2D eigenvalue weighted by Crippen LogP contribution is 2.59. The van der Waals surface area contributed by atoms with Crippen LogP contribution in [0.1, 0.15) is 77.0 Å². The number of unbranched alkanes of at least 4 members (excludes halogenated alkanes) is 2. The molecule has 6 heteroatoms. The topological polar surface area (TPSA) is 51.2 Å². The first-order valence-corrected chi connectivity index (χ1v) is 11.5. The number of piperidine rings is 1. The van der Waals surface area contributed by atoms with E-state index in [9.17, 15) is 0 Å². The van der Waals surface area contributed by atoms with Crippen molar-refractivity contribution in [1.29, 1.82) is 5.41 Å². The Bertz CT molecular complexity index is 444. The van der Waals surface area contributed by atoms with E-state index < -0.39 is 0 Å². The van der Waals surface area contributed by atoms with Crippen molar-refractivity contribution >= 4 is 30.8 Å². The molecular formula is C22H42Cl2N4. The second kappa shape index (κ2) is 11.3. The van der Waals surface area contributed by atoms with Crippen LogP contribution in [0.4, 0.5) is 0 Å². The molecule has 0 amide bonds. The number of rotatable bonds is 8. The van der Waals surface area contributed by atoms with Gasteiger partial charge in [0.05, 0.1) is 0 Å². The Hall–Kier alpha value is -0.190. The third kappa shape index (κ3) is 6.40. The maximum atomic E-state index is 8.21. The first kappa shape index (κ1) is 24.1. The molecule has 1 saturated heterocycles. The standard InChI is InChI=1S/C22H40N4.2ClH/c23-21(24-7-3-1-4-8-26-9-5-2-6-10-26)25-17-22-14-18-11-19(15-22)13-20(12-18)16-22;;/h18-20H,1-17H2,(H3,23,24,25);2*1H. The van der Waals surface area contributed by atoms with Crippen molar-refractivity contribution < 1.29 is 0 Å². The number of nitrogens with zero attached hydrogens (tertiary/aromatic N) is 1. The van der Waals surface area contributed by atoms with Gasteiger partial charge in [-0.15, -0.1) is 24.8 Å². The molecule has 0 aromatic rings. The molecule has 3 N–H and O–H groups in total. The Morgan fingerprint density at radius 3 is 2.04 bits per heavy atom. The van der Waals surface area contributed by atoms with Crippen LogP contribution in [0.5, 0.6) is 0 Å². The summed E-state index contributed by atoms with van der Waals surface area (Å²) in [5, 5.41) is 15.0. The first-order valence-electron chi connectivity index (χ1n) is 11.5. The fraction of sp³-hybridized carbons (Fsp3) is 0.955. The normalized spacial score (nSPS) is 33.6. The fourth-order valence-electron chi connectivity index (χ4n) is 6.88. The zero-order valence-corrected chi connectivity index (χ0v) is 19.1. The number of hydrogen-bond donors (Lipinski definition) is 3. The van der Waals surface area contributed by atoms with Crippen LogP contribution in [0.15, 0.2) is 0 Å². The molecule has 5 fully saturated rings. The Morgan fingerprint density at radius 1 is 0.821 bits per heavy atom. The first-order chi connectivity index (χ1) is 12.7. The molecule has 0 radical (unpaired) electrons. The zero-order valence-electron chi connectivity index (χ0n) is 17.5. The molecule has 0 aromatic heterocycles. The number of guanidine groups is 1. The third-order valence-electron chi connectivity index (χ3n) is 7.71. The summed E-state index contributed by atoms with van der Waals surface area (Å²) < 4.78 is 0. The van der Waals surface area contributed by atoms with Crippen molar-refractivity contribution in [1.82, 2.24) is 15.5 Å². The highest BCUT2D eigenvalue weighted by molar-refractivity contribution is 5.85. The molecule has 5 aliphatic rings. The van der Waals surface area contributed by atoms with E-state index in [0.717, 1.165) is 30.8 Å². The summed E-state index contributed by atoms with van der Waals surface area (Å²) in [5.41, 5.74) is 0.525. The van der Waals surface area contributed by atoms with E-state index in [2.05, 4.69) is 15.5 Å². The maximum Gasteiger partial charge on any atom is 0.188 e. The highest BCUT2D eigenvalue weighted by atomic mass is 35.5. The van der Waals surface area contributed by atoms with Crippen LogP contribution in [0, 0.1) is 28.6 Å². The average molecular weight is 434 g/mol. The van der Waals surface area contributed by atoms with Crippen LogP contribution in [0.25, 0.3) is 0 Å². The van der Waals surface area contributed by atoms with Crippen LogP contribution in [-0.4, -0.2) is 43.6 Å². The summed E-state index contributed by atoms with van der Waals surface area (Å²) in [5.74, 6) is 3.58. The third-order valence-corrected chi connectivity index (χ3v) is 7.71. The van der Waals surface area contributed by atoms with Gasteiger partial charge >= 0.3 is 0 Å². The number of hydrogen-bond acceptors (Lipinski definition) is 2. The molecule has 5 rings (SSSR count). The lowest BCUT2D eigenvalue weighted by molar-refractivity contribution is -0.0492. The predicted octanol–water partition coefficient (Wildman–Crippen LogP) is 4.82. The summed E-state index contributed by atoms with van der Waals surface area (Å²) in [6.07, 6.45) is 16.8. The van der Waals surface area contributed by atoms with Crippen LogP contribution in [0.3, 0.4) is 0 Å². The number of nitrogens with one attached hydrogen (secondary N) is 3. The van der Waals surface area contributed by atoms with Gasteiger partial charge in [-0.25, -0.2) is 0 Å². The van der Waals surface area contributed by atoms with Crippen molar-refractivity contribution in [2.45, 2.75) is 77.0 Å². The minimum absolute atomic E-state index is 0. The monoisotopic (exact) mass is 432 g/mol. The van der Waals surface area contributed by atoms with Crippen molar-refractivity contribution in [3.63, 3.8) is 0 Å². The van der Waals surface area contributed by atoms with Crippen LogP contribution < -0.4 is 10.6 Å². The highest BCUT2D eigenvalue weighted by Gasteiger charge is 2.50. The van der Waals surface area contributed by atoms with Gasteiger partial charge in [-0.3, -0.25) is 5.41 Å². The molecule has 4 saturated carbocycles. The SMILES string of the molecule is Cl.Cl.N=C(NCCCCCN1CCCCC1)NCC12CC3CC(CC(C3)C1)C2. The average Bonchev–Trinajstić information content (AvgIpc) is 2.63. The molecule has 0 aromatic carbocycles. The van der Waals surface area contributed by atoms with E-state index >= 15 is 0 Å². The summed E-state index contributed by atoms with van der Waals surface area (Å²) in [4.78, 5) is 2.63. The lowest BCUT2D eigenvalue weighted by Gasteiger charge is -2.57. The lowest BCUT2D eigenvalue weighted by atomic mass is 9.49. The summed E-state index contributed by atoms with van der Waals surface area (Å²) in [7, 11) is 0. The Kier molecular flexibility index (Phi) is 9.69. The maximum absolute atomic E-state index is 8.21. The molecule has 1 heterocycles. The number of halogens is 2. The summed E-state index contributed by atoms with van der Waals surface area (Å²) >= 11 is 0. The Balaban J connectivity index is 0.00000140. The fourth-order valence-corrected chi connectivity index (χ4v) is 6.88. The van der Waals surface area contributed by atoms with Crippen molar-refractivity contribution in [2.24, 2.45) is 23.2 Å². The van der Waals surface area contributed by atoms with Gasteiger partial charge in [0.1, 0.15) is 0 Å². The van der Waals surface area contributed by atoms with Crippen molar-refractivity contribution in [3.8, 4) is 0 Å². The van der Waals surface area contributed by atoms with E-state index in [4.69, 9.17) is 5.41 Å². The van der Waals surface area contributed by atoms with Crippen LogP contribution >= 0.6 is 24.8 Å².